The summed E-state index contributed by atoms with van der Waals surface area (Å²) in [5.74, 6) is -0.829. The smallest absolute Gasteiger partial charge is 0.328 e. The van der Waals surface area contributed by atoms with E-state index in [1.54, 1.807) is 4.90 Å². The van der Waals surface area contributed by atoms with Gasteiger partial charge in [-0.15, -0.1) is 0 Å². The molecule has 5 rings (SSSR count). The average molecular weight is 519 g/mol. The van der Waals surface area contributed by atoms with Crippen molar-refractivity contribution in [3.05, 3.63) is 114 Å². The summed E-state index contributed by atoms with van der Waals surface area (Å²) in [6.07, 6.45) is 0. The van der Waals surface area contributed by atoms with Gasteiger partial charge in [-0.1, -0.05) is 80.6 Å². The quantitative estimate of drug-likeness (QED) is 0.286. The van der Waals surface area contributed by atoms with E-state index in [1.165, 1.54) is 7.11 Å². The van der Waals surface area contributed by atoms with Crippen molar-refractivity contribution in [3.8, 4) is 22.3 Å². The fourth-order valence-electron chi connectivity index (χ4n) is 5.00. The zero-order valence-corrected chi connectivity index (χ0v) is 22.2. The molecule has 0 saturated heterocycles. The molecule has 1 unspecified atom stereocenters. The lowest BCUT2D eigenvalue weighted by Gasteiger charge is -2.28. The van der Waals surface area contributed by atoms with Crippen molar-refractivity contribution in [2.24, 2.45) is 5.92 Å². The Morgan fingerprint density at radius 3 is 2.03 bits per heavy atom. The summed E-state index contributed by atoms with van der Waals surface area (Å²) in [6.45, 7) is 4.19. The molecule has 1 N–H and O–H groups in total. The minimum Gasteiger partial charge on any atom is -0.467 e. The molecule has 0 aromatic heterocycles. The van der Waals surface area contributed by atoms with Gasteiger partial charge in [-0.2, -0.15) is 0 Å². The summed E-state index contributed by atoms with van der Waals surface area (Å²) >= 11 is 0. The van der Waals surface area contributed by atoms with Crippen LogP contribution in [-0.4, -0.2) is 35.8 Å². The van der Waals surface area contributed by atoms with E-state index >= 15 is 0 Å². The van der Waals surface area contributed by atoms with E-state index < -0.39 is 12.0 Å². The first-order valence-electron chi connectivity index (χ1n) is 12.9. The third kappa shape index (κ3) is 5.32. The van der Waals surface area contributed by atoms with Crippen LogP contribution in [-0.2, 0) is 16.1 Å². The Hall–Kier alpha value is -4.71. The summed E-state index contributed by atoms with van der Waals surface area (Å²) in [5, 5.41) is 2.95. The van der Waals surface area contributed by atoms with Gasteiger partial charge in [0.05, 0.1) is 7.11 Å². The maximum Gasteiger partial charge on any atom is 0.328 e. The molecule has 1 aliphatic rings. The van der Waals surface area contributed by atoms with Gasteiger partial charge >= 0.3 is 5.97 Å². The van der Waals surface area contributed by atoms with Crippen LogP contribution in [0.2, 0.25) is 0 Å². The molecule has 6 heteroatoms. The number of carbonyl (C=O) groups is 3. The summed E-state index contributed by atoms with van der Waals surface area (Å²) in [5.41, 5.74) is 6.70. The second-order valence-corrected chi connectivity index (χ2v) is 9.99. The number of methoxy groups -OCH3 is 1. The molecule has 196 valence electrons. The van der Waals surface area contributed by atoms with Gasteiger partial charge < -0.3 is 15.0 Å². The largest absolute Gasteiger partial charge is 0.467 e. The molecular weight excluding hydrogens is 488 g/mol. The molecule has 0 radical (unpaired) electrons. The van der Waals surface area contributed by atoms with Gasteiger partial charge in [0.2, 0.25) is 0 Å². The number of nitrogens with one attached hydrogen (secondary N) is 1. The number of carbonyl (C=O) groups excluding carboxylic acids is 3. The standard InChI is InChI=1S/C33H30N2O4/c1-21(2)30(33(38)39-3)35-20-27-14-13-26(19-29(27)32(35)37)24-15-17-28(18-16-24)34-31(36)25-11-9-23(10-12-25)22-7-5-4-6-8-22/h4-19,21,30H,20H2,1-3H3,(H,34,36). The molecular formula is C33H30N2O4. The minimum atomic E-state index is -0.629. The number of amides is 2. The fraction of sp³-hybridized carbons (Fsp3) is 0.182. The number of hydrogen-bond donors (Lipinski definition) is 1. The van der Waals surface area contributed by atoms with E-state index in [-0.39, 0.29) is 17.7 Å². The summed E-state index contributed by atoms with van der Waals surface area (Å²) in [6, 6.07) is 30.2. The number of ether oxygens (including phenoxy) is 1. The van der Waals surface area contributed by atoms with Crippen LogP contribution < -0.4 is 5.32 Å². The predicted octanol–water partition coefficient (Wildman–Crippen LogP) is 6.43. The number of nitrogens with zero attached hydrogens (tertiary/aromatic N) is 1. The number of fused-ring (bicyclic) bond motifs is 1. The third-order valence-corrected chi connectivity index (χ3v) is 7.08. The summed E-state index contributed by atoms with van der Waals surface area (Å²) in [7, 11) is 1.34. The Kier molecular flexibility index (Phi) is 7.28. The van der Waals surface area contributed by atoms with Crippen molar-refractivity contribution in [3.63, 3.8) is 0 Å². The van der Waals surface area contributed by atoms with Crippen LogP contribution in [0.5, 0.6) is 0 Å². The van der Waals surface area contributed by atoms with Crippen molar-refractivity contribution in [2.45, 2.75) is 26.4 Å². The molecule has 0 spiro atoms. The van der Waals surface area contributed by atoms with Crippen LogP contribution in [0.1, 0.15) is 40.1 Å². The second kappa shape index (κ2) is 11.0. The normalized spacial score (nSPS) is 13.2. The van der Waals surface area contributed by atoms with Crippen molar-refractivity contribution in [1.82, 2.24) is 4.90 Å². The average Bonchev–Trinajstić information content (AvgIpc) is 3.28. The molecule has 39 heavy (non-hydrogen) atoms. The fourth-order valence-corrected chi connectivity index (χ4v) is 5.00. The topological polar surface area (TPSA) is 75.7 Å². The number of rotatable bonds is 7. The summed E-state index contributed by atoms with van der Waals surface area (Å²) < 4.78 is 4.95. The third-order valence-electron chi connectivity index (χ3n) is 7.08. The Balaban J connectivity index is 1.28. The zero-order valence-electron chi connectivity index (χ0n) is 22.2. The lowest BCUT2D eigenvalue weighted by atomic mass is 10.00. The summed E-state index contributed by atoms with van der Waals surface area (Å²) in [4.78, 5) is 40.0. The van der Waals surface area contributed by atoms with Crippen LogP contribution >= 0.6 is 0 Å². The molecule has 1 atom stereocenters. The molecule has 0 saturated carbocycles. The van der Waals surface area contributed by atoms with E-state index in [1.807, 2.05) is 111 Å². The Labute approximate surface area is 228 Å². The van der Waals surface area contributed by atoms with Gasteiger partial charge in [-0.25, -0.2) is 4.79 Å². The van der Waals surface area contributed by atoms with Crippen molar-refractivity contribution >= 4 is 23.5 Å². The highest BCUT2D eigenvalue weighted by Gasteiger charge is 2.38. The molecule has 2 amide bonds. The molecule has 0 bridgehead atoms. The Morgan fingerprint density at radius 2 is 1.38 bits per heavy atom. The molecule has 0 aliphatic carbocycles. The van der Waals surface area contributed by atoms with Crippen LogP contribution in [0.25, 0.3) is 22.3 Å². The predicted molar refractivity (Wildman–Crippen MR) is 152 cm³/mol. The van der Waals surface area contributed by atoms with E-state index in [0.717, 1.165) is 27.8 Å². The molecule has 1 aliphatic heterocycles. The lowest BCUT2D eigenvalue weighted by Crippen LogP contribution is -2.45. The maximum absolute atomic E-state index is 13.2. The maximum atomic E-state index is 13.2. The van der Waals surface area contributed by atoms with Crippen LogP contribution in [0.3, 0.4) is 0 Å². The number of esters is 1. The van der Waals surface area contributed by atoms with Crippen LogP contribution in [0.4, 0.5) is 5.69 Å². The molecule has 4 aromatic rings. The van der Waals surface area contributed by atoms with E-state index in [2.05, 4.69) is 5.32 Å². The van der Waals surface area contributed by atoms with Gasteiger partial charge in [0.15, 0.2) is 0 Å². The first-order valence-corrected chi connectivity index (χ1v) is 12.9. The number of anilines is 1. The van der Waals surface area contributed by atoms with Crippen molar-refractivity contribution in [1.29, 1.82) is 0 Å². The lowest BCUT2D eigenvalue weighted by molar-refractivity contribution is -0.147. The van der Waals surface area contributed by atoms with Crippen LogP contribution in [0.15, 0.2) is 97.1 Å². The minimum absolute atomic E-state index is 0.0697. The zero-order chi connectivity index (χ0) is 27.5. The first kappa shape index (κ1) is 25.9. The molecule has 1 heterocycles. The first-order chi connectivity index (χ1) is 18.9. The van der Waals surface area contributed by atoms with Crippen molar-refractivity contribution < 1.29 is 19.1 Å². The Morgan fingerprint density at radius 1 is 0.795 bits per heavy atom. The monoisotopic (exact) mass is 518 g/mol. The molecule has 0 fully saturated rings. The van der Waals surface area contributed by atoms with E-state index in [0.29, 0.717) is 23.4 Å². The molecule has 6 nitrogen and oxygen atoms in total. The number of hydrogen-bond acceptors (Lipinski definition) is 4. The van der Waals surface area contributed by atoms with Gasteiger partial charge in [-0.05, 0) is 64.1 Å². The van der Waals surface area contributed by atoms with Gasteiger partial charge in [0.1, 0.15) is 6.04 Å². The van der Waals surface area contributed by atoms with Gasteiger partial charge in [-0.3, -0.25) is 9.59 Å². The SMILES string of the molecule is COC(=O)C(C(C)C)N1Cc2ccc(-c3ccc(NC(=O)c4ccc(-c5ccccc5)cc4)cc3)cc2C1=O. The number of benzene rings is 4. The Bertz CT molecular complexity index is 1510. The highest BCUT2D eigenvalue weighted by Crippen LogP contribution is 2.32. The highest BCUT2D eigenvalue weighted by atomic mass is 16.5. The highest BCUT2D eigenvalue weighted by molar-refractivity contribution is 6.05. The molecule has 4 aromatic carbocycles. The van der Waals surface area contributed by atoms with E-state index in [9.17, 15) is 14.4 Å². The second-order valence-electron chi connectivity index (χ2n) is 9.99. The van der Waals surface area contributed by atoms with Crippen molar-refractivity contribution in [2.75, 3.05) is 12.4 Å². The van der Waals surface area contributed by atoms with Crippen LogP contribution in [0, 0.1) is 5.92 Å². The van der Waals surface area contributed by atoms with E-state index in [4.69, 9.17) is 4.74 Å². The van der Waals surface area contributed by atoms with Gasteiger partial charge in [0.25, 0.3) is 11.8 Å². The van der Waals surface area contributed by atoms with Gasteiger partial charge in [0, 0.05) is 23.4 Å².